The monoisotopic (exact) mass is 343 g/mol. The predicted molar refractivity (Wildman–Crippen MR) is 89.8 cm³/mol. The zero-order valence-corrected chi connectivity index (χ0v) is 13.4. The van der Waals surface area contributed by atoms with Crippen molar-refractivity contribution in [2.75, 3.05) is 10.8 Å². The van der Waals surface area contributed by atoms with Crippen molar-refractivity contribution in [1.82, 2.24) is 0 Å². The molecule has 4 rings (SSSR count). The molecule has 24 heavy (non-hydrogen) atoms. The lowest BCUT2D eigenvalue weighted by Crippen LogP contribution is -2.31. The molecule has 122 valence electrons. The number of aliphatic hydroxyl groups is 1. The van der Waals surface area contributed by atoms with Crippen LogP contribution in [0.5, 0.6) is 0 Å². The van der Waals surface area contributed by atoms with E-state index in [-0.39, 0.29) is 11.4 Å². The normalized spacial score (nSPS) is 16.5. The predicted octanol–water partition coefficient (Wildman–Crippen LogP) is 3.22. The molecule has 0 amide bonds. The minimum Gasteiger partial charge on any atom is -0.387 e. The summed E-state index contributed by atoms with van der Waals surface area (Å²) in [4.78, 5) is 0.252. The van der Waals surface area contributed by atoms with Crippen molar-refractivity contribution in [2.24, 2.45) is 0 Å². The Labute approximate surface area is 138 Å². The van der Waals surface area contributed by atoms with Gasteiger partial charge in [0.2, 0.25) is 0 Å². The van der Waals surface area contributed by atoms with Gasteiger partial charge in [-0.05, 0) is 35.2 Å². The average molecular weight is 343 g/mol. The van der Waals surface area contributed by atoms with E-state index in [1.807, 2.05) is 12.1 Å². The second-order valence-electron chi connectivity index (χ2n) is 5.73. The van der Waals surface area contributed by atoms with Crippen LogP contribution in [0.2, 0.25) is 0 Å². The summed E-state index contributed by atoms with van der Waals surface area (Å²) in [5, 5.41) is 11.9. The van der Waals surface area contributed by atoms with Crippen LogP contribution in [0.15, 0.2) is 65.6 Å². The van der Waals surface area contributed by atoms with Crippen molar-refractivity contribution < 1.29 is 17.9 Å². The van der Waals surface area contributed by atoms with E-state index < -0.39 is 21.9 Å². The summed E-state index contributed by atoms with van der Waals surface area (Å²) in [6.07, 6.45) is -1.05. The smallest absolute Gasteiger partial charge is 0.265 e. The number of sulfonamides is 1. The summed E-state index contributed by atoms with van der Waals surface area (Å²) in [5.74, 6) is -0.406. The van der Waals surface area contributed by atoms with Gasteiger partial charge in [-0.2, -0.15) is 0 Å². The molecule has 6 heteroatoms. The third-order valence-corrected chi connectivity index (χ3v) is 6.10. The first-order chi connectivity index (χ1) is 11.5. The highest BCUT2D eigenvalue weighted by molar-refractivity contribution is 7.93. The van der Waals surface area contributed by atoms with E-state index in [9.17, 15) is 17.9 Å². The van der Waals surface area contributed by atoms with Crippen molar-refractivity contribution in [3.8, 4) is 0 Å². The van der Waals surface area contributed by atoms with Gasteiger partial charge in [-0.1, -0.05) is 36.4 Å². The number of halogens is 1. The first-order valence-corrected chi connectivity index (χ1v) is 8.90. The fourth-order valence-electron chi connectivity index (χ4n) is 3.10. The lowest BCUT2D eigenvalue weighted by Gasteiger charge is -2.22. The Morgan fingerprint density at radius 1 is 1.00 bits per heavy atom. The highest BCUT2D eigenvalue weighted by Crippen LogP contribution is 2.42. The quantitative estimate of drug-likeness (QED) is 0.794. The molecule has 3 aromatic carbocycles. The Morgan fingerprint density at radius 3 is 2.38 bits per heavy atom. The lowest BCUT2D eigenvalue weighted by molar-refractivity contribution is 0.187. The molecule has 0 fully saturated rings. The highest BCUT2D eigenvalue weighted by atomic mass is 32.2. The van der Waals surface area contributed by atoms with E-state index in [0.29, 0.717) is 16.6 Å². The van der Waals surface area contributed by atoms with E-state index in [4.69, 9.17) is 0 Å². The lowest BCUT2D eigenvalue weighted by atomic mass is 10.1. The van der Waals surface area contributed by atoms with Crippen LogP contribution >= 0.6 is 0 Å². The first-order valence-electron chi connectivity index (χ1n) is 7.46. The Hall–Kier alpha value is -2.44. The highest BCUT2D eigenvalue weighted by Gasteiger charge is 2.36. The van der Waals surface area contributed by atoms with Crippen molar-refractivity contribution in [3.63, 3.8) is 0 Å². The SMILES string of the molecule is O=S1(=O)c2cccc3cccc(c23)N1CC(O)c1ccc(F)cc1. The molecule has 1 N–H and O–H groups in total. The Morgan fingerprint density at radius 2 is 1.67 bits per heavy atom. The van der Waals surface area contributed by atoms with Crippen molar-refractivity contribution >= 4 is 26.5 Å². The van der Waals surface area contributed by atoms with Crippen molar-refractivity contribution in [2.45, 2.75) is 11.0 Å². The number of aliphatic hydroxyl groups excluding tert-OH is 1. The zero-order valence-electron chi connectivity index (χ0n) is 12.6. The Bertz CT molecular complexity index is 1030. The van der Waals surface area contributed by atoms with Crippen LogP contribution in [-0.4, -0.2) is 20.1 Å². The molecular formula is C18H14FNO3S. The minimum absolute atomic E-state index is 0.123. The van der Waals surface area contributed by atoms with Gasteiger partial charge in [0, 0.05) is 5.39 Å². The fourth-order valence-corrected chi connectivity index (χ4v) is 4.82. The van der Waals surface area contributed by atoms with E-state index in [0.717, 1.165) is 5.39 Å². The summed E-state index contributed by atoms with van der Waals surface area (Å²) in [7, 11) is -3.71. The number of benzene rings is 3. The molecule has 1 heterocycles. The molecule has 1 unspecified atom stereocenters. The zero-order chi connectivity index (χ0) is 16.9. The van der Waals surface area contributed by atoms with Crippen molar-refractivity contribution in [1.29, 1.82) is 0 Å². The third-order valence-electron chi connectivity index (χ3n) is 4.27. The van der Waals surface area contributed by atoms with Crippen LogP contribution in [0.4, 0.5) is 10.1 Å². The molecule has 0 spiro atoms. The second-order valence-corrected chi connectivity index (χ2v) is 7.57. The van der Waals surface area contributed by atoms with Crippen LogP contribution in [0, 0.1) is 5.82 Å². The number of nitrogens with zero attached hydrogens (tertiary/aromatic N) is 1. The van der Waals surface area contributed by atoms with Crippen LogP contribution < -0.4 is 4.31 Å². The summed E-state index contributed by atoms with van der Waals surface area (Å²) < 4.78 is 39.9. The standard InChI is InChI=1S/C18H14FNO3S/c19-14-9-7-12(8-10-14)16(21)11-20-15-5-1-3-13-4-2-6-17(18(13)15)24(20,22)23/h1-10,16,21H,11H2. The average Bonchev–Trinajstić information content (AvgIpc) is 2.79. The van der Waals surface area contributed by atoms with Gasteiger partial charge in [0.05, 0.1) is 23.2 Å². The molecule has 4 nitrogen and oxygen atoms in total. The molecule has 3 aromatic rings. The number of anilines is 1. The maximum Gasteiger partial charge on any atom is 0.265 e. The van der Waals surface area contributed by atoms with Gasteiger partial charge >= 0.3 is 0 Å². The summed E-state index contributed by atoms with van der Waals surface area (Å²) in [6.45, 7) is -0.123. The van der Waals surface area contributed by atoms with Crippen LogP contribution in [0.25, 0.3) is 10.8 Å². The summed E-state index contributed by atoms with van der Waals surface area (Å²) in [6, 6.07) is 15.9. The van der Waals surface area contributed by atoms with Gasteiger partial charge in [-0.3, -0.25) is 4.31 Å². The summed E-state index contributed by atoms with van der Waals surface area (Å²) in [5.41, 5.74) is 1.03. The van der Waals surface area contributed by atoms with Gasteiger partial charge in [-0.25, -0.2) is 12.8 Å². The van der Waals surface area contributed by atoms with E-state index in [1.165, 1.54) is 28.6 Å². The Balaban J connectivity index is 1.77. The third kappa shape index (κ3) is 2.18. The number of hydrogen-bond donors (Lipinski definition) is 1. The Kier molecular flexibility index (Phi) is 3.33. The molecule has 0 saturated heterocycles. The molecule has 1 atom stereocenters. The van der Waals surface area contributed by atoms with Crippen LogP contribution in [0.3, 0.4) is 0 Å². The number of β-amino-alcohol motifs (C(OH)–C–C–N with tert-alkyl or cyclic N) is 1. The van der Waals surface area contributed by atoms with E-state index >= 15 is 0 Å². The molecule has 1 aliphatic rings. The molecule has 1 aliphatic heterocycles. The molecule has 0 saturated carbocycles. The number of hydrogen-bond acceptors (Lipinski definition) is 3. The molecule has 0 aromatic heterocycles. The number of rotatable bonds is 3. The second kappa shape index (κ2) is 5.29. The topological polar surface area (TPSA) is 57.6 Å². The maximum absolute atomic E-state index is 13.0. The van der Waals surface area contributed by atoms with Crippen molar-refractivity contribution in [3.05, 3.63) is 72.0 Å². The molecular weight excluding hydrogens is 329 g/mol. The van der Waals surface area contributed by atoms with Gasteiger partial charge < -0.3 is 5.11 Å². The largest absolute Gasteiger partial charge is 0.387 e. The van der Waals surface area contributed by atoms with Gasteiger partial charge in [-0.15, -0.1) is 0 Å². The molecule has 0 bridgehead atoms. The van der Waals surface area contributed by atoms with E-state index in [2.05, 4.69) is 0 Å². The molecule has 0 aliphatic carbocycles. The fraction of sp³-hybridized carbons (Fsp3) is 0.111. The van der Waals surface area contributed by atoms with E-state index in [1.54, 1.807) is 24.3 Å². The molecule has 0 radical (unpaired) electrons. The van der Waals surface area contributed by atoms with Crippen LogP contribution in [-0.2, 0) is 10.0 Å². The maximum atomic E-state index is 13.0. The summed E-state index contributed by atoms with van der Waals surface area (Å²) >= 11 is 0. The minimum atomic E-state index is -3.71. The van der Waals surface area contributed by atoms with Gasteiger partial charge in [0.15, 0.2) is 0 Å². The van der Waals surface area contributed by atoms with Crippen LogP contribution in [0.1, 0.15) is 11.7 Å². The van der Waals surface area contributed by atoms with Gasteiger partial charge in [0.1, 0.15) is 5.82 Å². The van der Waals surface area contributed by atoms with Gasteiger partial charge in [0.25, 0.3) is 10.0 Å². The first kappa shape index (κ1) is 15.1.